The van der Waals surface area contributed by atoms with Crippen molar-refractivity contribution >= 4 is 20.7 Å². The quantitative estimate of drug-likeness (QED) is 0.678. The van der Waals surface area contributed by atoms with Gasteiger partial charge < -0.3 is 0 Å². The zero-order chi connectivity index (χ0) is 10.6. The molecule has 15 heavy (non-hydrogen) atoms. The Kier molecular flexibility index (Phi) is 1.55. The number of nitrogens with zero attached hydrogens (tertiary/aromatic N) is 2. The van der Waals surface area contributed by atoms with Crippen molar-refractivity contribution in [2.45, 2.75) is 18.1 Å². The van der Waals surface area contributed by atoms with Crippen LogP contribution in [0, 0.1) is 0 Å². The van der Waals surface area contributed by atoms with Gasteiger partial charge >= 0.3 is 0 Å². The van der Waals surface area contributed by atoms with E-state index in [9.17, 15) is 8.42 Å². The number of benzene rings is 1. The van der Waals surface area contributed by atoms with Crippen molar-refractivity contribution in [1.29, 1.82) is 0 Å². The summed E-state index contributed by atoms with van der Waals surface area (Å²) in [5, 5.41) is 4.73. The summed E-state index contributed by atoms with van der Waals surface area (Å²) >= 11 is 0. The second-order valence-electron chi connectivity index (χ2n) is 3.81. The minimum absolute atomic E-state index is 0.106. The zero-order valence-corrected chi connectivity index (χ0v) is 9.03. The molecule has 5 heteroatoms. The molecule has 0 bridgehead atoms. The molecule has 4 nitrogen and oxygen atoms in total. The molecule has 1 aliphatic rings. The number of fused-ring (bicyclic) bond motifs is 3. The first-order valence-electron chi connectivity index (χ1n) is 4.77. The minimum Gasteiger partial charge on any atom is -0.249 e. The summed E-state index contributed by atoms with van der Waals surface area (Å²) in [6, 6.07) is 7.63. The summed E-state index contributed by atoms with van der Waals surface area (Å²) in [5.41, 5.74) is 1.69. The lowest BCUT2D eigenvalue weighted by molar-refractivity contribution is 0.559. The molecule has 2 aromatic rings. The second-order valence-corrected chi connectivity index (χ2v) is 6.11. The van der Waals surface area contributed by atoms with Gasteiger partial charge in [-0.05, 0) is 13.0 Å². The molecule has 0 amide bonds. The van der Waals surface area contributed by atoms with E-state index in [1.54, 1.807) is 11.6 Å². The fraction of sp³-hybridized carbons (Fsp3) is 0.300. The summed E-state index contributed by atoms with van der Waals surface area (Å²) in [6.45, 7) is 1.68. The molecule has 1 unspecified atom stereocenters. The Balaban J connectivity index is 2.38. The van der Waals surface area contributed by atoms with E-state index in [-0.39, 0.29) is 5.75 Å². The van der Waals surface area contributed by atoms with Gasteiger partial charge in [-0.3, -0.25) is 0 Å². The fourth-order valence-electron chi connectivity index (χ4n) is 2.01. The summed E-state index contributed by atoms with van der Waals surface area (Å²) in [5.74, 6) is 0.106. The normalized spacial score (nSPS) is 23.1. The first-order valence-corrected chi connectivity index (χ1v) is 6.49. The standard InChI is InChI=1S/C10H10N2O2S/c1-7-12-10(6-15(7,13)14)8-4-2-3-5-9(8)11-12/h2-5,7H,6H2,1H3. The average Bonchev–Trinajstić information content (AvgIpc) is 2.65. The number of sulfone groups is 1. The Labute approximate surface area is 87.4 Å². The molecule has 2 heterocycles. The zero-order valence-electron chi connectivity index (χ0n) is 8.21. The van der Waals surface area contributed by atoms with E-state index in [0.717, 1.165) is 16.6 Å². The van der Waals surface area contributed by atoms with Gasteiger partial charge in [-0.25, -0.2) is 13.1 Å². The number of hydrogen-bond acceptors (Lipinski definition) is 3. The fourth-order valence-corrected chi connectivity index (χ4v) is 3.40. The summed E-state index contributed by atoms with van der Waals surface area (Å²) in [7, 11) is -3.03. The van der Waals surface area contributed by atoms with Gasteiger partial charge in [0.1, 0.15) is 0 Å². The molecule has 0 saturated heterocycles. The van der Waals surface area contributed by atoms with Crippen LogP contribution in [0.5, 0.6) is 0 Å². The second kappa shape index (κ2) is 2.61. The van der Waals surface area contributed by atoms with Crippen molar-refractivity contribution in [3.63, 3.8) is 0 Å². The molecule has 78 valence electrons. The maximum atomic E-state index is 11.7. The highest BCUT2D eigenvalue weighted by Crippen LogP contribution is 2.33. The summed E-state index contributed by atoms with van der Waals surface area (Å²) in [6.07, 6.45) is 0. The Morgan fingerprint density at radius 3 is 2.93 bits per heavy atom. The largest absolute Gasteiger partial charge is 0.249 e. The number of aromatic nitrogens is 2. The third-order valence-corrected chi connectivity index (χ3v) is 4.82. The molecule has 1 aromatic heterocycles. The highest BCUT2D eigenvalue weighted by Gasteiger charge is 2.35. The van der Waals surface area contributed by atoms with Crippen LogP contribution in [0.1, 0.15) is 18.0 Å². The Morgan fingerprint density at radius 2 is 2.13 bits per heavy atom. The summed E-state index contributed by atoms with van der Waals surface area (Å²) < 4.78 is 24.9. The van der Waals surface area contributed by atoms with Gasteiger partial charge in [0.15, 0.2) is 15.2 Å². The lowest BCUT2D eigenvalue weighted by Gasteiger charge is -2.02. The highest BCUT2D eigenvalue weighted by molar-refractivity contribution is 7.90. The van der Waals surface area contributed by atoms with Crippen molar-refractivity contribution in [3.8, 4) is 0 Å². The van der Waals surface area contributed by atoms with Gasteiger partial charge in [-0.2, -0.15) is 5.10 Å². The van der Waals surface area contributed by atoms with Crippen molar-refractivity contribution < 1.29 is 8.42 Å². The van der Waals surface area contributed by atoms with Gasteiger partial charge in [0.2, 0.25) is 0 Å². The van der Waals surface area contributed by atoms with E-state index in [1.807, 2.05) is 24.3 Å². The minimum atomic E-state index is -3.03. The molecule has 1 aliphatic heterocycles. The lowest BCUT2D eigenvalue weighted by Crippen LogP contribution is -2.09. The van der Waals surface area contributed by atoms with Crippen LogP contribution >= 0.6 is 0 Å². The molecule has 0 fully saturated rings. The van der Waals surface area contributed by atoms with E-state index in [0.29, 0.717) is 0 Å². The van der Waals surface area contributed by atoms with Crippen molar-refractivity contribution in [1.82, 2.24) is 9.78 Å². The van der Waals surface area contributed by atoms with E-state index < -0.39 is 15.2 Å². The van der Waals surface area contributed by atoms with Gasteiger partial charge in [0, 0.05) is 5.39 Å². The number of hydrogen-bond donors (Lipinski definition) is 0. The smallest absolute Gasteiger partial charge is 0.178 e. The van der Waals surface area contributed by atoms with Gasteiger partial charge in [0.25, 0.3) is 0 Å². The Bertz CT molecular complexity index is 642. The molecule has 0 saturated carbocycles. The lowest BCUT2D eigenvalue weighted by atomic mass is 10.2. The van der Waals surface area contributed by atoms with E-state index in [4.69, 9.17) is 0 Å². The van der Waals surface area contributed by atoms with Crippen LogP contribution in [0.25, 0.3) is 10.9 Å². The molecular formula is C10H10N2O2S. The van der Waals surface area contributed by atoms with Gasteiger partial charge in [0.05, 0.1) is 17.0 Å². The van der Waals surface area contributed by atoms with E-state index >= 15 is 0 Å². The Morgan fingerprint density at radius 1 is 1.40 bits per heavy atom. The molecule has 0 N–H and O–H groups in total. The monoisotopic (exact) mass is 222 g/mol. The molecule has 0 radical (unpaired) electrons. The Hall–Kier alpha value is -1.36. The molecule has 1 atom stereocenters. The SMILES string of the molecule is CC1n2nc3ccccc3c2CS1(=O)=O. The van der Waals surface area contributed by atoms with E-state index in [1.165, 1.54) is 0 Å². The van der Waals surface area contributed by atoms with Crippen molar-refractivity contribution in [2.75, 3.05) is 0 Å². The van der Waals surface area contributed by atoms with Crippen LogP contribution in [0.4, 0.5) is 0 Å². The molecular weight excluding hydrogens is 212 g/mol. The maximum Gasteiger partial charge on any atom is 0.178 e. The third kappa shape index (κ3) is 1.07. The predicted octanol–water partition coefficient (Wildman–Crippen LogP) is 1.48. The van der Waals surface area contributed by atoms with Crippen molar-refractivity contribution in [2.24, 2.45) is 0 Å². The van der Waals surface area contributed by atoms with Crippen LogP contribution < -0.4 is 0 Å². The highest BCUT2D eigenvalue weighted by atomic mass is 32.2. The summed E-state index contributed by atoms with van der Waals surface area (Å²) in [4.78, 5) is 0. The van der Waals surface area contributed by atoms with Crippen LogP contribution in [0.15, 0.2) is 24.3 Å². The molecule has 3 rings (SSSR count). The van der Waals surface area contributed by atoms with Gasteiger partial charge in [-0.1, -0.05) is 18.2 Å². The van der Waals surface area contributed by atoms with E-state index in [2.05, 4.69) is 5.10 Å². The van der Waals surface area contributed by atoms with Gasteiger partial charge in [-0.15, -0.1) is 0 Å². The van der Waals surface area contributed by atoms with Crippen molar-refractivity contribution in [3.05, 3.63) is 30.0 Å². The molecule has 0 aliphatic carbocycles. The van der Waals surface area contributed by atoms with Crippen LogP contribution in [0.3, 0.4) is 0 Å². The van der Waals surface area contributed by atoms with Crippen LogP contribution in [-0.4, -0.2) is 18.2 Å². The number of rotatable bonds is 0. The predicted molar refractivity (Wildman–Crippen MR) is 57.1 cm³/mol. The van der Waals surface area contributed by atoms with Crippen LogP contribution in [-0.2, 0) is 15.6 Å². The molecule has 0 spiro atoms. The third-order valence-electron chi connectivity index (χ3n) is 2.91. The molecule has 1 aromatic carbocycles. The van der Waals surface area contributed by atoms with Crippen LogP contribution in [0.2, 0.25) is 0 Å². The first-order chi connectivity index (χ1) is 7.09. The average molecular weight is 222 g/mol. The maximum absolute atomic E-state index is 11.7. The topological polar surface area (TPSA) is 52.0 Å². The first kappa shape index (κ1) is 8.91.